The molecule has 78 valence electrons. The third-order valence-electron chi connectivity index (χ3n) is 2.78. The van der Waals surface area contributed by atoms with E-state index < -0.39 is 0 Å². The largest absolute Gasteiger partial charge is 0.315 e. The number of benzene rings is 1. The van der Waals surface area contributed by atoms with Crippen molar-refractivity contribution in [2.24, 2.45) is 0 Å². The average Bonchev–Trinajstić information content (AvgIpc) is 2.52. The lowest BCUT2D eigenvalue weighted by molar-refractivity contribution is -0.117. The van der Waals surface area contributed by atoms with Gasteiger partial charge in [-0.25, -0.2) is 0 Å². The molecule has 1 aliphatic rings. The van der Waals surface area contributed by atoms with E-state index in [4.69, 9.17) is 0 Å². The smallest absolute Gasteiger partial charge is 0.231 e. The van der Waals surface area contributed by atoms with Gasteiger partial charge in [-0.1, -0.05) is 12.1 Å². The van der Waals surface area contributed by atoms with Crippen LogP contribution in [0.3, 0.4) is 0 Å². The van der Waals surface area contributed by atoms with Crippen molar-refractivity contribution in [2.45, 2.75) is 19.3 Å². The number of rotatable bonds is 3. The Balaban J connectivity index is 2.27. The Labute approximate surface area is 88.7 Å². The first kappa shape index (κ1) is 9.90. The molecular formula is C12H13NO2. The number of hydrogen-bond donors (Lipinski definition) is 0. The minimum Gasteiger partial charge on any atom is -0.315 e. The molecule has 15 heavy (non-hydrogen) atoms. The van der Waals surface area contributed by atoms with Crippen LogP contribution in [0.2, 0.25) is 0 Å². The molecule has 0 spiro atoms. The van der Waals surface area contributed by atoms with Gasteiger partial charge in [0.15, 0.2) is 0 Å². The van der Waals surface area contributed by atoms with Crippen molar-refractivity contribution in [2.75, 3.05) is 11.9 Å². The van der Waals surface area contributed by atoms with E-state index in [-0.39, 0.29) is 5.91 Å². The maximum atomic E-state index is 11.4. The summed E-state index contributed by atoms with van der Waals surface area (Å²) >= 11 is 0. The molecule has 1 aromatic rings. The lowest BCUT2D eigenvalue weighted by Crippen LogP contribution is -2.20. The van der Waals surface area contributed by atoms with Gasteiger partial charge in [0, 0.05) is 19.2 Å². The monoisotopic (exact) mass is 203 g/mol. The van der Waals surface area contributed by atoms with Gasteiger partial charge in [-0.3, -0.25) is 4.79 Å². The maximum absolute atomic E-state index is 11.4. The van der Waals surface area contributed by atoms with Crippen LogP contribution in [0.25, 0.3) is 0 Å². The number of aryl methyl sites for hydroxylation is 1. The first-order valence-electron chi connectivity index (χ1n) is 5.04. The molecule has 0 aliphatic carbocycles. The number of likely N-dealkylation sites (N-methyl/N-ethyl adjacent to an activating group) is 1. The molecule has 1 heterocycles. The van der Waals surface area contributed by atoms with Gasteiger partial charge in [-0.15, -0.1) is 0 Å². The summed E-state index contributed by atoms with van der Waals surface area (Å²) < 4.78 is 0. The van der Waals surface area contributed by atoms with Crippen LogP contribution in [-0.2, 0) is 22.4 Å². The Morgan fingerprint density at radius 2 is 2.27 bits per heavy atom. The van der Waals surface area contributed by atoms with Crippen molar-refractivity contribution in [1.29, 1.82) is 0 Å². The molecule has 3 heteroatoms. The summed E-state index contributed by atoms with van der Waals surface area (Å²) in [5.74, 6) is 0.137. The predicted octanol–water partition coefficient (Wildman–Crippen LogP) is 1.34. The number of hydrogen-bond acceptors (Lipinski definition) is 2. The summed E-state index contributed by atoms with van der Waals surface area (Å²) in [6.07, 6.45) is 2.71. The van der Waals surface area contributed by atoms with Crippen molar-refractivity contribution >= 4 is 17.9 Å². The summed E-state index contributed by atoms with van der Waals surface area (Å²) in [5, 5.41) is 0. The zero-order chi connectivity index (χ0) is 10.8. The van der Waals surface area contributed by atoms with Gasteiger partial charge >= 0.3 is 0 Å². The number of carbonyl (C=O) groups excluding carboxylic acids is 2. The zero-order valence-corrected chi connectivity index (χ0v) is 8.69. The van der Waals surface area contributed by atoms with E-state index in [1.165, 1.54) is 0 Å². The topological polar surface area (TPSA) is 37.4 Å². The molecule has 0 atom stereocenters. The SMILES string of the molecule is CN1C(=O)Cc2ccc(CCC=O)cc21. The van der Waals surface area contributed by atoms with Crippen molar-refractivity contribution in [3.05, 3.63) is 29.3 Å². The van der Waals surface area contributed by atoms with Gasteiger partial charge in [0.2, 0.25) is 5.91 Å². The van der Waals surface area contributed by atoms with Gasteiger partial charge in [-0.2, -0.15) is 0 Å². The van der Waals surface area contributed by atoms with Gasteiger partial charge in [0.25, 0.3) is 0 Å². The minimum atomic E-state index is 0.137. The van der Waals surface area contributed by atoms with Crippen LogP contribution in [0.4, 0.5) is 5.69 Å². The van der Waals surface area contributed by atoms with Crippen molar-refractivity contribution in [1.82, 2.24) is 0 Å². The number of nitrogens with zero attached hydrogens (tertiary/aromatic N) is 1. The maximum Gasteiger partial charge on any atom is 0.231 e. The summed E-state index contributed by atoms with van der Waals surface area (Å²) in [6.45, 7) is 0. The lowest BCUT2D eigenvalue weighted by Gasteiger charge is -2.10. The second-order valence-electron chi connectivity index (χ2n) is 3.80. The van der Waals surface area contributed by atoms with Crippen LogP contribution in [0.1, 0.15) is 17.5 Å². The fraction of sp³-hybridized carbons (Fsp3) is 0.333. The van der Waals surface area contributed by atoms with Crippen LogP contribution in [0, 0.1) is 0 Å². The van der Waals surface area contributed by atoms with Crippen LogP contribution >= 0.6 is 0 Å². The van der Waals surface area contributed by atoms with E-state index in [9.17, 15) is 9.59 Å². The highest BCUT2D eigenvalue weighted by atomic mass is 16.2. The fourth-order valence-electron chi connectivity index (χ4n) is 1.87. The van der Waals surface area contributed by atoms with Gasteiger partial charge in [-0.05, 0) is 23.6 Å². The van der Waals surface area contributed by atoms with Crippen LogP contribution < -0.4 is 4.90 Å². The Morgan fingerprint density at radius 1 is 1.47 bits per heavy atom. The minimum absolute atomic E-state index is 0.137. The molecule has 0 aromatic heterocycles. The molecule has 2 rings (SSSR count). The molecule has 1 amide bonds. The third kappa shape index (κ3) is 1.77. The van der Waals surface area contributed by atoms with Crippen molar-refractivity contribution < 1.29 is 9.59 Å². The van der Waals surface area contributed by atoms with E-state index in [1.807, 2.05) is 18.2 Å². The normalized spacial score (nSPS) is 14.2. The standard InChI is InChI=1S/C12H13NO2/c1-13-11-7-9(3-2-6-14)4-5-10(11)8-12(13)15/h4-7H,2-3,8H2,1H3. The summed E-state index contributed by atoms with van der Waals surface area (Å²) in [6, 6.07) is 5.98. The molecule has 0 bridgehead atoms. The lowest BCUT2D eigenvalue weighted by atomic mass is 10.1. The third-order valence-corrected chi connectivity index (χ3v) is 2.78. The predicted molar refractivity (Wildman–Crippen MR) is 57.9 cm³/mol. The molecule has 0 fully saturated rings. The highest BCUT2D eigenvalue weighted by Gasteiger charge is 2.23. The van der Waals surface area contributed by atoms with Crippen molar-refractivity contribution in [3.8, 4) is 0 Å². The number of amides is 1. The molecule has 0 N–H and O–H groups in total. The first-order valence-corrected chi connectivity index (χ1v) is 5.04. The second-order valence-corrected chi connectivity index (χ2v) is 3.80. The number of fused-ring (bicyclic) bond motifs is 1. The molecule has 0 radical (unpaired) electrons. The highest BCUT2D eigenvalue weighted by molar-refractivity contribution is 6.00. The zero-order valence-electron chi connectivity index (χ0n) is 8.69. The molecule has 0 saturated carbocycles. The Hall–Kier alpha value is -1.64. The highest BCUT2D eigenvalue weighted by Crippen LogP contribution is 2.28. The Morgan fingerprint density at radius 3 is 3.00 bits per heavy atom. The summed E-state index contributed by atoms with van der Waals surface area (Å²) in [7, 11) is 1.79. The molecule has 1 aromatic carbocycles. The van der Waals surface area contributed by atoms with Crippen LogP contribution in [-0.4, -0.2) is 19.2 Å². The molecular weight excluding hydrogens is 190 g/mol. The molecule has 3 nitrogen and oxygen atoms in total. The van der Waals surface area contributed by atoms with E-state index in [0.717, 1.165) is 29.5 Å². The molecule has 0 unspecified atom stereocenters. The Bertz CT molecular complexity index is 412. The van der Waals surface area contributed by atoms with E-state index in [0.29, 0.717) is 12.8 Å². The van der Waals surface area contributed by atoms with Crippen LogP contribution in [0.5, 0.6) is 0 Å². The quantitative estimate of drug-likeness (QED) is 0.695. The fourth-order valence-corrected chi connectivity index (χ4v) is 1.87. The van der Waals surface area contributed by atoms with E-state index in [1.54, 1.807) is 11.9 Å². The van der Waals surface area contributed by atoms with E-state index in [2.05, 4.69) is 0 Å². The summed E-state index contributed by atoms with van der Waals surface area (Å²) in [5.41, 5.74) is 3.18. The van der Waals surface area contributed by atoms with Crippen LogP contribution in [0.15, 0.2) is 18.2 Å². The number of anilines is 1. The molecule has 1 aliphatic heterocycles. The second kappa shape index (κ2) is 3.85. The Kier molecular flexibility index (Phi) is 2.54. The van der Waals surface area contributed by atoms with Gasteiger partial charge in [0.05, 0.1) is 6.42 Å². The van der Waals surface area contributed by atoms with Gasteiger partial charge < -0.3 is 9.69 Å². The molecule has 0 saturated heterocycles. The first-order chi connectivity index (χ1) is 7.22. The number of carbonyl (C=O) groups is 2. The number of aldehydes is 1. The van der Waals surface area contributed by atoms with Gasteiger partial charge in [0.1, 0.15) is 6.29 Å². The average molecular weight is 203 g/mol. The summed E-state index contributed by atoms with van der Waals surface area (Å²) in [4.78, 5) is 23.4. The van der Waals surface area contributed by atoms with Crippen molar-refractivity contribution in [3.63, 3.8) is 0 Å². The van der Waals surface area contributed by atoms with E-state index >= 15 is 0 Å².